The summed E-state index contributed by atoms with van der Waals surface area (Å²) in [6.07, 6.45) is 0. The number of halogens is 1. The Hall–Kier alpha value is -3.86. The molecule has 0 fully saturated rings. The fourth-order valence-corrected chi connectivity index (χ4v) is 3.70. The Labute approximate surface area is 185 Å². The molecule has 2 heterocycles. The summed E-state index contributed by atoms with van der Waals surface area (Å²) in [6, 6.07) is 12.4. The number of benzene rings is 2. The van der Waals surface area contributed by atoms with Crippen molar-refractivity contribution >= 4 is 29.0 Å². The molecule has 0 unspecified atom stereocenters. The average molecular weight is 455 g/mol. The number of H-pyrrole nitrogens is 1. The minimum absolute atomic E-state index is 0.0252. The number of thioether (sulfide) groups is 1. The third-order valence-corrected chi connectivity index (χ3v) is 5.35. The van der Waals surface area contributed by atoms with Crippen molar-refractivity contribution in [2.45, 2.75) is 5.16 Å². The van der Waals surface area contributed by atoms with Gasteiger partial charge in [-0.3, -0.25) is 14.7 Å². The maximum absolute atomic E-state index is 14.2. The van der Waals surface area contributed by atoms with Crippen LogP contribution in [0.2, 0.25) is 0 Å². The predicted octanol–water partition coefficient (Wildman–Crippen LogP) is 2.97. The van der Waals surface area contributed by atoms with E-state index in [1.54, 1.807) is 36.4 Å². The van der Waals surface area contributed by atoms with Gasteiger partial charge in [-0.25, -0.2) is 18.9 Å². The summed E-state index contributed by atoms with van der Waals surface area (Å²) in [5.41, 5.74) is 0.572. The zero-order valence-corrected chi connectivity index (χ0v) is 17.9. The lowest BCUT2D eigenvalue weighted by atomic mass is 10.2. The van der Waals surface area contributed by atoms with Crippen molar-refractivity contribution in [3.05, 3.63) is 64.7 Å². The van der Waals surface area contributed by atoms with E-state index in [2.05, 4.69) is 20.4 Å². The van der Waals surface area contributed by atoms with Gasteiger partial charge in [0.1, 0.15) is 17.3 Å². The van der Waals surface area contributed by atoms with Crippen LogP contribution in [0.25, 0.3) is 17.0 Å². The number of methoxy groups -OCH3 is 2. The summed E-state index contributed by atoms with van der Waals surface area (Å²) in [7, 11) is 3.03. The lowest BCUT2D eigenvalue weighted by molar-refractivity contribution is -0.113. The Morgan fingerprint density at radius 3 is 2.53 bits per heavy atom. The van der Waals surface area contributed by atoms with Crippen molar-refractivity contribution in [1.82, 2.24) is 19.6 Å². The number of nitrogens with zero attached hydrogens (tertiary/aromatic N) is 3. The van der Waals surface area contributed by atoms with E-state index in [9.17, 15) is 14.0 Å². The lowest BCUT2D eigenvalue weighted by Crippen LogP contribution is -2.15. The van der Waals surface area contributed by atoms with Crippen LogP contribution in [0, 0.1) is 5.82 Å². The molecular weight excluding hydrogens is 437 g/mol. The van der Waals surface area contributed by atoms with Crippen molar-refractivity contribution in [2.75, 3.05) is 25.3 Å². The van der Waals surface area contributed by atoms with Crippen molar-refractivity contribution in [1.29, 1.82) is 0 Å². The van der Waals surface area contributed by atoms with Crippen LogP contribution < -0.4 is 20.3 Å². The number of fused-ring (bicyclic) bond motifs is 1. The van der Waals surface area contributed by atoms with Gasteiger partial charge in [-0.2, -0.15) is 0 Å². The zero-order valence-electron chi connectivity index (χ0n) is 17.1. The number of hydrogen-bond donors (Lipinski definition) is 2. The van der Waals surface area contributed by atoms with Crippen molar-refractivity contribution in [2.24, 2.45) is 0 Å². The first-order chi connectivity index (χ1) is 15.5. The maximum Gasteiger partial charge on any atom is 0.266 e. The van der Waals surface area contributed by atoms with E-state index < -0.39 is 5.82 Å². The van der Waals surface area contributed by atoms with Gasteiger partial charge >= 0.3 is 0 Å². The van der Waals surface area contributed by atoms with Gasteiger partial charge in [0.25, 0.3) is 5.56 Å². The normalized spacial score (nSPS) is 10.8. The molecule has 164 valence electrons. The number of aromatic nitrogens is 4. The molecule has 4 rings (SSSR count). The lowest BCUT2D eigenvalue weighted by Gasteiger charge is -2.10. The average Bonchev–Trinajstić information content (AvgIpc) is 3.17. The minimum Gasteiger partial charge on any atom is -0.497 e. The molecule has 0 aliphatic heterocycles. The molecular formula is C21H18FN5O4S. The second kappa shape index (κ2) is 9.10. The van der Waals surface area contributed by atoms with E-state index in [0.29, 0.717) is 17.2 Å². The Morgan fingerprint density at radius 2 is 1.84 bits per heavy atom. The Morgan fingerprint density at radius 1 is 1.12 bits per heavy atom. The summed E-state index contributed by atoms with van der Waals surface area (Å²) in [6.45, 7) is 0. The van der Waals surface area contributed by atoms with Crippen molar-refractivity contribution < 1.29 is 18.7 Å². The second-order valence-electron chi connectivity index (χ2n) is 6.56. The minimum atomic E-state index is -0.490. The highest BCUT2D eigenvalue weighted by atomic mass is 32.2. The third kappa shape index (κ3) is 4.57. The van der Waals surface area contributed by atoms with E-state index >= 15 is 0 Å². The Bertz CT molecular complexity index is 1330. The molecule has 32 heavy (non-hydrogen) atoms. The number of carbonyl (C=O) groups excluding carboxylic acids is 1. The van der Waals surface area contributed by atoms with Gasteiger partial charge in [-0.05, 0) is 12.1 Å². The number of carbonyl (C=O) groups is 1. The first kappa shape index (κ1) is 21.4. The number of hydrogen-bond acceptors (Lipinski definition) is 7. The van der Waals surface area contributed by atoms with Crippen molar-refractivity contribution in [3.8, 4) is 22.9 Å². The van der Waals surface area contributed by atoms with E-state index in [1.807, 2.05) is 0 Å². The van der Waals surface area contributed by atoms with Crippen LogP contribution in [0.4, 0.5) is 10.1 Å². The van der Waals surface area contributed by atoms with Gasteiger partial charge in [-0.15, -0.1) is 0 Å². The van der Waals surface area contributed by atoms with Crippen LogP contribution in [0.1, 0.15) is 0 Å². The molecule has 0 aliphatic rings. The molecule has 9 nitrogen and oxygen atoms in total. The summed E-state index contributed by atoms with van der Waals surface area (Å²) in [4.78, 5) is 33.0. The van der Waals surface area contributed by atoms with E-state index in [1.165, 1.54) is 30.9 Å². The number of anilines is 1. The van der Waals surface area contributed by atoms with Gasteiger partial charge in [0, 0.05) is 30.0 Å². The molecule has 0 aliphatic carbocycles. The molecule has 0 saturated heterocycles. The first-order valence-corrected chi connectivity index (χ1v) is 10.4. The van der Waals surface area contributed by atoms with Gasteiger partial charge in [0.15, 0.2) is 16.6 Å². The maximum atomic E-state index is 14.2. The Balaban J connectivity index is 1.58. The predicted molar refractivity (Wildman–Crippen MR) is 118 cm³/mol. The van der Waals surface area contributed by atoms with Gasteiger partial charge in [0.05, 0.1) is 25.5 Å². The summed E-state index contributed by atoms with van der Waals surface area (Å²) in [5.74, 6) is 0.341. The van der Waals surface area contributed by atoms with Crippen LogP contribution in [-0.4, -0.2) is 45.5 Å². The topological polar surface area (TPSA) is 111 Å². The van der Waals surface area contributed by atoms with Crippen LogP contribution in [-0.2, 0) is 4.79 Å². The SMILES string of the molecule is COc1cc(NC(=O)CSc2nc(-c3ccccc3F)nc3cc(=O)[nH]n23)cc(OC)c1. The highest BCUT2D eigenvalue weighted by molar-refractivity contribution is 7.99. The monoisotopic (exact) mass is 455 g/mol. The second-order valence-corrected chi connectivity index (χ2v) is 7.50. The first-order valence-electron chi connectivity index (χ1n) is 9.37. The van der Waals surface area contributed by atoms with Crippen LogP contribution >= 0.6 is 11.8 Å². The number of rotatable bonds is 7. The van der Waals surface area contributed by atoms with Gasteiger partial charge in [-0.1, -0.05) is 23.9 Å². The summed E-state index contributed by atoms with van der Waals surface area (Å²) < 4.78 is 26.0. The van der Waals surface area contributed by atoms with E-state index in [0.717, 1.165) is 11.8 Å². The number of ether oxygens (including phenoxy) is 2. The molecule has 2 aromatic heterocycles. The van der Waals surface area contributed by atoms with Crippen LogP contribution in [0.3, 0.4) is 0 Å². The van der Waals surface area contributed by atoms with E-state index in [4.69, 9.17) is 9.47 Å². The quantitative estimate of drug-likeness (QED) is 0.412. The molecule has 1 amide bonds. The summed E-state index contributed by atoms with van der Waals surface area (Å²) >= 11 is 1.07. The number of amides is 1. The molecule has 11 heteroatoms. The highest BCUT2D eigenvalue weighted by Crippen LogP contribution is 2.27. The molecule has 0 spiro atoms. The van der Waals surface area contributed by atoms with Crippen LogP contribution in [0.15, 0.2) is 58.5 Å². The Kier molecular flexibility index (Phi) is 6.08. The highest BCUT2D eigenvalue weighted by Gasteiger charge is 2.15. The molecule has 0 atom stereocenters. The largest absolute Gasteiger partial charge is 0.497 e. The molecule has 0 saturated carbocycles. The molecule has 4 aromatic rings. The van der Waals surface area contributed by atoms with E-state index in [-0.39, 0.29) is 39.4 Å². The number of nitrogens with one attached hydrogen (secondary N) is 2. The number of aromatic amines is 1. The van der Waals surface area contributed by atoms with Gasteiger partial charge in [0.2, 0.25) is 5.91 Å². The standard InChI is InChI=1S/C21H18FN5O4S/c1-30-13-7-12(8-14(9-13)31-2)23-19(29)11-32-21-25-20(15-5-3-4-6-16(15)22)24-17-10-18(28)26-27(17)21/h3-10H,11H2,1-2H3,(H,23,29)(H,26,28). The molecule has 2 N–H and O–H groups in total. The zero-order chi connectivity index (χ0) is 22.7. The smallest absolute Gasteiger partial charge is 0.266 e. The fourth-order valence-electron chi connectivity index (χ4n) is 2.95. The third-order valence-electron chi connectivity index (χ3n) is 4.41. The van der Waals surface area contributed by atoms with Crippen molar-refractivity contribution in [3.63, 3.8) is 0 Å². The summed E-state index contributed by atoms with van der Waals surface area (Å²) in [5, 5.41) is 5.63. The molecule has 0 bridgehead atoms. The fraction of sp³-hybridized carbons (Fsp3) is 0.143. The van der Waals surface area contributed by atoms with Crippen LogP contribution in [0.5, 0.6) is 11.5 Å². The van der Waals surface area contributed by atoms with Gasteiger partial charge < -0.3 is 14.8 Å². The molecule has 2 aromatic carbocycles. The molecule has 0 radical (unpaired) electrons.